The lowest BCUT2D eigenvalue weighted by molar-refractivity contribution is 0.851. The molecule has 5 rings (SSSR count). The third-order valence-electron chi connectivity index (χ3n) is 4.57. The van der Waals surface area contributed by atoms with E-state index in [1.54, 1.807) is 40.1 Å². The maximum absolute atomic E-state index is 13.0. The molecule has 0 atom stereocenters. The van der Waals surface area contributed by atoms with Crippen molar-refractivity contribution in [2.75, 3.05) is 0 Å². The maximum atomic E-state index is 13.0. The molecule has 0 saturated carbocycles. The fourth-order valence-electron chi connectivity index (χ4n) is 3.29. The molecule has 0 aliphatic rings. The van der Waals surface area contributed by atoms with Gasteiger partial charge in [0.1, 0.15) is 5.52 Å². The fraction of sp³-hybridized carbons (Fsp3) is 0.0952. The summed E-state index contributed by atoms with van der Waals surface area (Å²) in [6, 6.07) is 9.41. The topological polar surface area (TPSA) is 93.8 Å². The predicted molar refractivity (Wildman–Crippen MR) is 111 cm³/mol. The summed E-state index contributed by atoms with van der Waals surface area (Å²) < 4.78 is 3.39. The van der Waals surface area contributed by atoms with Gasteiger partial charge in [0.05, 0.1) is 5.69 Å². The van der Waals surface area contributed by atoms with E-state index in [1.165, 1.54) is 0 Å². The third-order valence-corrected chi connectivity index (χ3v) is 4.57. The zero-order valence-electron chi connectivity index (χ0n) is 14.9. The van der Waals surface area contributed by atoms with Crippen LogP contribution in [0.3, 0.4) is 0 Å². The van der Waals surface area contributed by atoms with Gasteiger partial charge < -0.3 is 9.55 Å². The molecule has 0 saturated heterocycles. The second-order valence-electron chi connectivity index (χ2n) is 6.33. The maximum Gasteiger partial charge on any atom is 0.276 e. The Labute approximate surface area is 166 Å². The summed E-state index contributed by atoms with van der Waals surface area (Å²) >= 11 is 0. The first-order valence-electron chi connectivity index (χ1n) is 8.67. The van der Waals surface area contributed by atoms with Crippen LogP contribution in [0, 0.1) is 0 Å². The standard InChI is InChI=1S/C20H15N7O.CH4/c1-26-10-9-23-19(26)18-24-20(28)17-16(15-6-2-3-8-22-15)14(12-27(17)25-18)13-5-4-7-21-11-13;/h2-12H,1H3,(H,24,25,28);1H4. The van der Waals surface area contributed by atoms with Crippen molar-refractivity contribution >= 4 is 5.52 Å². The Morgan fingerprint density at radius 3 is 2.62 bits per heavy atom. The Morgan fingerprint density at radius 1 is 1.03 bits per heavy atom. The van der Waals surface area contributed by atoms with Crippen molar-refractivity contribution in [3.8, 4) is 34.0 Å². The van der Waals surface area contributed by atoms with E-state index < -0.39 is 0 Å². The third kappa shape index (κ3) is 3.00. The Morgan fingerprint density at radius 2 is 1.93 bits per heavy atom. The van der Waals surface area contributed by atoms with Gasteiger partial charge in [0.2, 0.25) is 0 Å². The quantitative estimate of drug-likeness (QED) is 0.515. The number of H-pyrrole nitrogens is 1. The minimum Gasteiger partial charge on any atom is -0.331 e. The molecule has 8 nitrogen and oxygen atoms in total. The van der Waals surface area contributed by atoms with Crippen LogP contribution in [0.2, 0.25) is 0 Å². The Hall–Kier alpha value is -4.07. The Bertz CT molecular complexity index is 1330. The van der Waals surface area contributed by atoms with Crippen LogP contribution < -0.4 is 5.56 Å². The van der Waals surface area contributed by atoms with E-state index in [1.807, 2.05) is 43.6 Å². The highest BCUT2D eigenvalue weighted by Crippen LogP contribution is 2.34. The molecule has 5 heterocycles. The number of fused-ring (bicyclic) bond motifs is 1. The van der Waals surface area contributed by atoms with Gasteiger partial charge in [0.15, 0.2) is 11.6 Å². The van der Waals surface area contributed by atoms with Crippen LogP contribution in [0.1, 0.15) is 7.43 Å². The van der Waals surface area contributed by atoms with Crippen LogP contribution >= 0.6 is 0 Å². The molecule has 0 radical (unpaired) electrons. The second kappa shape index (κ2) is 7.16. The number of pyridine rings is 2. The highest BCUT2D eigenvalue weighted by Gasteiger charge is 2.20. The van der Waals surface area contributed by atoms with E-state index in [9.17, 15) is 4.79 Å². The lowest BCUT2D eigenvalue weighted by Crippen LogP contribution is -2.15. The molecular formula is C21H19N7O. The zero-order chi connectivity index (χ0) is 19.1. The monoisotopic (exact) mass is 385 g/mol. The molecule has 0 unspecified atom stereocenters. The number of rotatable bonds is 3. The number of nitrogens with one attached hydrogen (secondary N) is 1. The lowest BCUT2D eigenvalue weighted by atomic mass is 10.0. The molecule has 0 aromatic carbocycles. The van der Waals surface area contributed by atoms with Crippen molar-refractivity contribution in [3.05, 3.63) is 77.9 Å². The number of nitrogens with zero attached hydrogens (tertiary/aromatic N) is 6. The highest BCUT2D eigenvalue weighted by molar-refractivity contribution is 5.92. The van der Waals surface area contributed by atoms with Crippen LogP contribution in [-0.2, 0) is 7.05 Å². The summed E-state index contributed by atoms with van der Waals surface area (Å²) in [5.74, 6) is 0.973. The van der Waals surface area contributed by atoms with E-state index in [0.717, 1.165) is 11.1 Å². The van der Waals surface area contributed by atoms with Crippen molar-refractivity contribution in [1.29, 1.82) is 0 Å². The van der Waals surface area contributed by atoms with Crippen LogP contribution in [0.4, 0.5) is 0 Å². The molecule has 0 amide bonds. The second-order valence-corrected chi connectivity index (χ2v) is 6.33. The first-order chi connectivity index (χ1) is 13.7. The van der Waals surface area contributed by atoms with Gasteiger partial charge >= 0.3 is 0 Å². The summed E-state index contributed by atoms with van der Waals surface area (Å²) in [4.78, 5) is 28.8. The van der Waals surface area contributed by atoms with Crippen LogP contribution in [0.15, 0.2) is 72.3 Å². The first kappa shape index (κ1) is 18.3. The Balaban J connectivity index is 0.00000205. The fourth-order valence-corrected chi connectivity index (χ4v) is 3.29. The molecule has 0 bridgehead atoms. The number of aryl methyl sites for hydroxylation is 1. The van der Waals surface area contributed by atoms with Gasteiger partial charge in [-0.1, -0.05) is 19.6 Å². The molecule has 5 aromatic heterocycles. The molecule has 0 aliphatic carbocycles. The van der Waals surface area contributed by atoms with Crippen molar-refractivity contribution in [2.24, 2.45) is 7.05 Å². The van der Waals surface area contributed by atoms with Gasteiger partial charge in [0.25, 0.3) is 5.56 Å². The molecular weight excluding hydrogens is 366 g/mol. The van der Waals surface area contributed by atoms with Crippen molar-refractivity contribution < 1.29 is 0 Å². The van der Waals surface area contributed by atoms with E-state index in [2.05, 4.69) is 25.0 Å². The zero-order valence-corrected chi connectivity index (χ0v) is 14.9. The lowest BCUT2D eigenvalue weighted by Gasteiger charge is -2.04. The summed E-state index contributed by atoms with van der Waals surface area (Å²) in [5, 5.41) is 4.60. The normalized spacial score (nSPS) is 10.8. The number of aromatic amines is 1. The number of hydrogen-bond acceptors (Lipinski definition) is 5. The summed E-state index contributed by atoms with van der Waals surface area (Å²) in [7, 11) is 1.85. The molecule has 29 heavy (non-hydrogen) atoms. The SMILES string of the molecule is C.Cn1ccnc1-c1nn2cc(-c3cccnc3)c(-c3ccccn3)c2c(=O)[nH]1. The largest absolute Gasteiger partial charge is 0.331 e. The number of aromatic nitrogens is 7. The van der Waals surface area contributed by atoms with Gasteiger partial charge in [-0.3, -0.25) is 14.8 Å². The van der Waals surface area contributed by atoms with Gasteiger partial charge in [-0.05, 0) is 18.2 Å². The van der Waals surface area contributed by atoms with Crippen LogP contribution in [0.25, 0.3) is 39.5 Å². The van der Waals surface area contributed by atoms with E-state index >= 15 is 0 Å². The van der Waals surface area contributed by atoms with Gasteiger partial charge in [-0.25, -0.2) is 9.50 Å². The number of imidazole rings is 1. The summed E-state index contributed by atoms with van der Waals surface area (Å²) in [6.45, 7) is 0. The highest BCUT2D eigenvalue weighted by atomic mass is 16.1. The van der Waals surface area contributed by atoms with Gasteiger partial charge in [0, 0.05) is 60.9 Å². The van der Waals surface area contributed by atoms with E-state index in [0.29, 0.717) is 28.4 Å². The average Bonchev–Trinajstić information content (AvgIpc) is 3.33. The summed E-state index contributed by atoms with van der Waals surface area (Å²) in [6.07, 6.45) is 10.5. The minimum atomic E-state index is -0.260. The Kier molecular flexibility index (Phi) is 4.52. The molecule has 8 heteroatoms. The molecule has 144 valence electrons. The van der Waals surface area contributed by atoms with Gasteiger partial charge in [-0.15, -0.1) is 5.10 Å². The van der Waals surface area contributed by atoms with E-state index in [4.69, 9.17) is 0 Å². The first-order valence-corrected chi connectivity index (χ1v) is 8.67. The van der Waals surface area contributed by atoms with Gasteiger partial charge in [-0.2, -0.15) is 0 Å². The molecule has 0 spiro atoms. The number of hydrogen-bond donors (Lipinski definition) is 1. The summed E-state index contributed by atoms with van der Waals surface area (Å²) in [5.41, 5.74) is 3.29. The molecule has 0 fully saturated rings. The molecule has 0 aliphatic heterocycles. The average molecular weight is 385 g/mol. The smallest absolute Gasteiger partial charge is 0.276 e. The van der Waals surface area contributed by atoms with Crippen molar-refractivity contribution in [3.63, 3.8) is 0 Å². The van der Waals surface area contributed by atoms with E-state index in [-0.39, 0.29) is 13.0 Å². The molecule has 1 N–H and O–H groups in total. The van der Waals surface area contributed by atoms with Crippen LogP contribution in [0.5, 0.6) is 0 Å². The van der Waals surface area contributed by atoms with Crippen molar-refractivity contribution in [2.45, 2.75) is 7.43 Å². The predicted octanol–water partition coefficient (Wildman–Crippen LogP) is 3.18. The van der Waals surface area contributed by atoms with Crippen LogP contribution in [-0.4, -0.2) is 34.1 Å². The minimum absolute atomic E-state index is 0. The van der Waals surface area contributed by atoms with Crippen molar-refractivity contribution in [1.82, 2.24) is 34.1 Å². The molecule has 5 aromatic rings.